The van der Waals surface area contributed by atoms with Gasteiger partial charge in [-0.3, -0.25) is 4.98 Å². The summed E-state index contributed by atoms with van der Waals surface area (Å²) in [5.74, 6) is 0.386. The molecule has 0 spiro atoms. The van der Waals surface area contributed by atoms with Gasteiger partial charge in [0.05, 0.1) is 16.7 Å². The fraction of sp³-hybridized carbons (Fsp3) is 0.143. The van der Waals surface area contributed by atoms with Gasteiger partial charge in [-0.05, 0) is 42.3 Å². The van der Waals surface area contributed by atoms with E-state index >= 15 is 0 Å². The molecule has 2 aromatic carbocycles. The topological polar surface area (TPSA) is 41.6 Å². The summed E-state index contributed by atoms with van der Waals surface area (Å²) in [6, 6.07) is 15.7. The monoisotopic (exact) mass is 413 g/mol. The van der Waals surface area contributed by atoms with Crippen LogP contribution in [0, 0.1) is 11.6 Å². The van der Waals surface area contributed by atoms with Gasteiger partial charge in [0.1, 0.15) is 11.6 Å². The molecule has 0 fully saturated rings. The van der Waals surface area contributed by atoms with Crippen LogP contribution >= 0.6 is 23.5 Å². The molecule has 0 radical (unpaired) electrons. The molecule has 4 aromatic rings. The minimum absolute atomic E-state index is 0.488. The Morgan fingerprint density at radius 1 is 0.964 bits per heavy atom. The zero-order chi connectivity index (χ0) is 19.3. The Balaban J connectivity index is 1.33. The van der Waals surface area contributed by atoms with Crippen molar-refractivity contribution < 1.29 is 8.78 Å². The zero-order valence-corrected chi connectivity index (χ0v) is 16.5. The number of aromatic nitrogens is 3. The van der Waals surface area contributed by atoms with Crippen molar-refractivity contribution in [1.29, 1.82) is 0 Å². The standard InChI is InChI=1S/C21H17F2N3S2/c22-15-6-5-14(18(23)11-15)8-10-27-17-7-9-24-16(12-17)13-28-21-25-19-3-1-2-4-20(19)26-21/h1-7,9,11-12H,8,10,13H2,(H,25,26). The number of hydrogen-bond donors (Lipinski definition) is 1. The van der Waals surface area contributed by atoms with Gasteiger partial charge in [-0.1, -0.05) is 30.0 Å². The number of thioether (sulfide) groups is 2. The van der Waals surface area contributed by atoms with Crippen molar-refractivity contribution in [2.24, 2.45) is 0 Å². The largest absolute Gasteiger partial charge is 0.333 e. The van der Waals surface area contributed by atoms with Gasteiger partial charge in [0, 0.05) is 28.7 Å². The predicted octanol–water partition coefficient (Wildman–Crippen LogP) is 5.86. The number of para-hydroxylation sites is 2. The van der Waals surface area contributed by atoms with Crippen LogP contribution in [0.15, 0.2) is 70.8 Å². The first-order valence-electron chi connectivity index (χ1n) is 8.76. The van der Waals surface area contributed by atoms with Crippen LogP contribution in [0.2, 0.25) is 0 Å². The minimum Gasteiger partial charge on any atom is -0.333 e. The summed E-state index contributed by atoms with van der Waals surface area (Å²) in [5.41, 5.74) is 3.47. The van der Waals surface area contributed by atoms with Gasteiger partial charge in [-0.15, -0.1) is 11.8 Å². The van der Waals surface area contributed by atoms with Crippen LogP contribution in [0.1, 0.15) is 11.3 Å². The molecule has 7 heteroatoms. The van der Waals surface area contributed by atoms with Gasteiger partial charge in [0.25, 0.3) is 0 Å². The van der Waals surface area contributed by atoms with Gasteiger partial charge in [-0.2, -0.15) is 0 Å². The second-order valence-corrected chi connectivity index (χ2v) is 8.30. The van der Waals surface area contributed by atoms with Crippen molar-refractivity contribution in [3.8, 4) is 0 Å². The number of halogens is 2. The minimum atomic E-state index is -0.547. The van der Waals surface area contributed by atoms with Crippen molar-refractivity contribution in [1.82, 2.24) is 15.0 Å². The molecule has 4 rings (SSSR count). The van der Waals surface area contributed by atoms with E-state index < -0.39 is 11.6 Å². The second-order valence-electron chi connectivity index (χ2n) is 6.16. The van der Waals surface area contributed by atoms with Gasteiger partial charge in [0.2, 0.25) is 0 Å². The number of benzene rings is 2. The van der Waals surface area contributed by atoms with Crippen LogP contribution < -0.4 is 0 Å². The lowest BCUT2D eigenvalue weighted by atomic mass is 10.1. The molecule has 0 atom stereocenters. The van der Waals surface area contributed by atoms with Crippen LogP contribution in [0.4, 0.5) is 8.78 Å². The van der Waals surface area contributed by atoms with E-state index in [1.54, 1.807) is 29.7 Å². The molecule has 1 N–H and O–H groups in total. The Labute approximate surface area is 170 Å². The van der Waals surface area contributed by atoms with Crippen molar-refractivity contribution in [2.45, 2.75) is 22.2 Å². The molecular weight excluding hydrogens is 396 g/mol. The maximum absolute atomic E-state index is 13.7. The number of hydrogen-bond acceptors (Lipinski definition) is 4. The van der Waals surface area contributed by atoms with Gasteiger partial charge in [-0.25, -0.2) is 13.8 Å². The average molecular weight is 414 g/mol. The molecule has 0 aliphatic carbocycles. The second kappa shape index (κ2) is 8.75. The highest BCUT2D eigenvalue weighted by Gasteiger charge is 2.06. The van der Waals surface area contributed by atoms with Crippen LogP contribution in [0.25, 0.3) is 11.0 Å². The maximum atomic E-state index is 13.7. The Morgan fingerprint density at radius 2 is 1.86 bits per heavy atom. The smallest absolute Gasteiger partial charge is 0.166 e. The number of imidazole rings is 1. The number of rotatable bonds is 7. The lowest BCUT2D eigenvalue weighted by molar-refractivity contribution is 0.574. The summed E-state index contributed by atoms with van der Waals surface area (Å²) in [5, 5.41) is 0.868. The number of pyridine rings is 1. The highest BCUT2D eigenvalue weighted by molar-refractivity contribution is 7.99. The summed E-state index contributed by atoms with van der Waals surface area (Å²) in [6.07, 6.45) is 2.33. The Hall–Kier alpha value is -2.38. The van der Waals surface area contributed by atoms with Crippen LogP contribution in [0.3, 0.4) is 0 Å². The highest BCUT2D eigenvalue weighted by Crippen LogP contribution is 2.25. The molecule has 0 bridgehead atoms. The van der Waals surface area contributed by atoms with Crippen molar-refractivity contribution >= 4 is 34.6 Å². The number of H-pyrrole nitrogens is 1. The van der Waals surface area contributed by atoms with E-state index in [1.807, 2.05) is 36.4 Å². The molecule has 28 heavy (non-hydrogen) atoms. The van der Waals surface area contributed by atoms with E-state index in [9.17, 15) is 8.78 Å². The van der Waals surface area contributed by atoms with Crippen LogP contribution in [0.5, 0.6) is 0 Å². The van der Waals surface area contributed by atoms with Gasteiger partial charge < -0.3 is 4.98 Å². The third kappa shape index (κ3) is 4.72. The SMILES string of the molecule is Fc1ccc(CCSc2ccnc(CSc3nc4ccccc4[nH]3)c2)c(F)c1. The summed E-state index contributed by atoms with van der Waals surface area (Å²) in [4.78, 5) is 13.4. The van der Waals surface area contributed by atoms with Crippen molar-refractivity contribution in [2.75, 3.05) is 5.75 Å². The third-order valence-electron chi connectivity index (χ3n) is 4.17. The molecule has 3 nitrogen and oxygen atoms in total. The van der Waals surface area contributed by atoms with Crippen molar-refractivity contribution in [3.05, 3.63) is 83.7 Å². The van der Waals surface area contributed by atoms with E-state index in [0.717, 1.165) is 32.8 Å². The molecule has 0 amide bonds. The van der Waals surface area contributed by atoms with Crippen LogP contribution in [-0.2, 0) is 12.2 Å². The average Bonchev–Trinajstić information content (AvgIpc) is 3.11. The number of nitrogens with zero attached hydrogens (tertiary/aromatic N) is 2. The predicted molar refractivity (Wildman–Crippen MR) is 111 cm³/mol. The molecule has 0 aliphatic heterocycles. The van der Waals surface area contributed by atoms with Crippen molar-refractivity contribution in [3.63, 3.8) is 0 Å². The molecule has 2 heterocycles. The Kier molecular flexibility index (Phi) is 5.92. The van der Waals surface area contributed by atoms with E-state index in [-0.39, 0.29) is 0 Å². The Bertz CT molecular complexity index is 1060. The molecule has 0 aliphatic rings. The fourth-order valence-electron chi connectivity index (χ4n) is 2.77. The molecular formula is C21H17F2N3S2. The summed E-state index contributed by atoms with van der Waals surface area (Å²) >= 11 is 3.24. The first-order chi connectivity index (χ1) is 13.7. The molecule has 0 unspecified atom stereocenters. The highest BCUT2D eigenvalue weighted by atomic mass is 32.2. The lowest BCUT2D eigenvalue weighted by Crippen LogP contribution is -1.94. The Morgan fingerprint density at radius 3 is 2.71 bits per heavy atom. The number of nitrogens with one attached hydrogen (secondary N) is 1. The van der Waals surface area contributed by atoms with Crippen LogP contribution in [-0.4, -0.2) is 20.7 Å². The summed E-state index contributed by atoms with van der Waals surface area (Å²) in [7, 11) is 0. The van der Waals surface area contributed by atoms with E-state index in [0.29, 0.717) is 23.5 Å². The fourth-order valence-corrected chi connectivity index (χ4v) is 4.49. The van der Waals surface area contributed by atoms with E-state index in [1.165, 1.54) is 12.1 Å². The quantitative estimate of drug-likeness (QED) is 0.385. The molecule has 0 saturated carbocycles. The molecule has 142 valence electrons. The maximum Gasteiger partial charge on any atom is 0.166 e. The van der Waals surface area contributed by atoms with Gasteiger partial charge in [0.15, 0.2) is 5.16 Å². The number of fused-ring (bicyclic) bond motifs is 1. The normalized spacial score (nSPS) is 11.2. The van der Waals surface area contributed by atoms with E-state index in [2.05, 4.69) is 15.0 Å². The molecule has 2 aromatic heterocycles. The summed E-state index contributed by atoms with van der Waals surface area (Å²) in [6.45, 7) is 0. The first kappa shape index (κ1) is 19.0. The number of aryl methyl sites for hydroxylation is 1. The first-order valence-corrected chi connectivity index (χ1v) is 10.7. The lowest BCUT2D eigenvalue weighted by Gasteiger charge is -2.05. The third-order valence-corrected chi connectivity index (χ3v) is 6.07. The van der Waals surface area contributed by atoms with E-state index in [4.69, 9.17) is 0 Å². The number of aromatic amines is 1. The van der Waals surface area contributed by atoms with Gasteiger partial charge >= 0.3 is 0 Å². The molecule has 0 saturated heterocycles. The zero-order valence-electron chi connectivity index (χ0n) is 14.9. The summed E-state index contributed by atoms with van der Waals surface area (Å²) < 4.78 is 26.7.